The van der Waals surface area contributed by atoms with E-state index < -0.39 is 27.0 Å². The molecule has 6 nitrogen and oxygen atoms in total. The molecule has 1 atom stereocenters. The highest BCUT2D eigenvalue weighted by molar-refractivity contribution is 7.89. The fourth-order valence-electron chi connectivity index (χ4n) is 2.78. The molecule has 25 heavy (non-hydrogen) atoms. The summed E-state index contributed by atoms with van der Waals surface area (Å²) in [5.74, 6) is 0.151. The van der Waals surface area contributed by atoms with Crippen LogP contribution in [0.15, 0.2) is 41.6 Å². The molecule has 0 bridgehead atoms. The Bertz CT molecular complexity index is 849. The number of nitrogens with one attached hydrogen (secondary N) is 1. The van der Waals surface area contributed by atoms with Gasteiger partial charge in [0.25, 0.3) is 0 Å². The molecule has 1 aliphatic heterocycles. The highest BCUT2D eigenvalue weighted by atomic mass is 32.2. The van der Waals surface area contributed by atoms with Gasteiger partial charge in [-0.1, -0.05) is 12.1 Å². The molecule has 0 radical (unpaired) electrons. The van der Waals surface area contributed by atoms with Crippen LogP contribution in [0.25, 0.3) is 0 Å². The van der Waals surface area contributed by atoms with Gasteiger partial charge in [-0.15, -0.1) is 13.2 Å². The lowest BCUT2D eigenvalue weighted by Gasteiger charge is -2.23. The third-order valence-electron chi connectivity index (χ3n) is 3.98. The van der Waals surface area contributed by atoms with Crippen LogP contribution >= 0.6 is 0 Å². The highest BCUT2D eigenvalue weighted by Gasteiger charge is 2.34. The first-order valence-corrected chi connectivity index (χ1v) is 9.07. The molecule has 0 aliphatic carbocycles. The number of sulfonamides is 1. The molecule has 10 heteroatoms. The van der Waals surface area contributed by atoms with Crippen LogP contribution in [-0.2, 0) is 23.0 Å². The van der Waals surface area contributed by atoms with Crippen molar-refractivity contribution in [2.75, 3.05) is 6.54 Å². The van der Waals surface area contributed by atoms with E-state index >= 15 is 0 Å². The average Bonchev–Trinajstić information content (AvgIpc) is 2.99. The lowest BCUT2D eigenvalue weighted by molar-refractivity contribution is -0.275. The maximum atomic E-state index is 12.4. The number of nitrogens with zero attached hydrogens (tertiary/aromatic N) is 2. The predicted molar refractivity (Wildman–Crippen MR) is 82.4 cm³/mol. The van der Waals surface area contributed by atoms with Gasteiger partial charge in [-0.25, -0.2) is 18.1 Å². The minimum atomic E-state index is -4.97. The molecule has 136 valence electrons. The molecule has 0 fully saturated rings. The number of rotatable bonds is 5. The molecule has 0 saturated heterocycles. The quantitative estimate of drug-likeness (QED) is 0.871. The van der Waals surface area contributed by atoms with Gasteiger partial charge in [0.2, 0.25) is 10.0 Å². The van der Waals surface area contributed by atoms with Crippen molar-refractivity contribution in [3.63, 3.8) is 0 Å². The van der Waals surface area contributed by atoms with E-state index in [4.69, 9.17) is 0 Å². The summed E-state index contributed by atoms with van der Waals surface area (Å²) in [6.07, 6.45) is -0.0537. The smallest absolute Gasteiger partial charge is 0.404 e. The van der Waals surface area contributed by atoms with E-state index in [0.717, 1.165) is 30.9 Å². The summed E-state index contributed by atoms with van der Waals surface area (Å²) in [5.41, 5.74) is 0. The number of aryl methyl sites for hydroxylation is 1. The highest BCUT2D eigenvalue weighted by Crippen LogP contribution is 2.29. The van der Waals surface area contributed by atoms with E-state index in [1.165, 1.54) is 12.1 Å². The summed E-state index contributed by atoms with van der Waals surface area (Å²) < 4.78 is 70.3. The number of hydrogen-bond donors (Lipinski definition) is 1. The number of benzene rings is 1. The fraction of sp³-hybridized carbons (Fsp3) is 0.400. The van der Waals surface area contributed by atoms with E-state index in [1.54, 1.807) is 6.20 Å². The van der Waals surface area contributed by atoms with E-state index in [0.29, 0.717) is 6.42 Å². The van der Waals surface area contributed by atoms with Gasteiger partial charge in [-0.2, -0.15) is 0 Å². The summed E-state index contributed by atoms with van der Waals surface area (Å²) in [5, 5.41) is 0. The van der Waals surface area contributed by atoms with Gasteiger partial charge in [0.1, 0.15) is 16.5 Å². The molecule has 0 spiro atoms. The predicted octanol–water partition coefficient (Wildman–Crippen LogP) is 2.32. The van der Waals surface area contributed by atoms with Crippen molar-refractivity contribution >= 4 is 10.0 Å². The Balaban J connectivity index is 1.71. The normalized spacial score (nSPS) is 18.0. The Morgan fingerprint density at radius 2 is 2.08 bits per heavy atom. The van der Waals surface area contributed by atoms with Crippen LogP contribution in [0.4, 0.5) is 13.2 Å². The molecule has 0 saturated carbocycles. The number of halogens is 3. The zero-order valence-corrected chi connectivity index (χ0v) is 13.8. The molecule has 1 aromatic carbocycles. The van der Waals surface area contributed by atoms with Crippen LogP contribution in [0.1, 0.15) is 12.2 Å². The summed E-state index contributed by atoms with van der Waals surface area (Å²) in [7, 11) is -4.13. The van der Waals surface area contributed by atoms with Gasteiger partial charge in [0, 0.05) is 31.9 Å². The summed E-state index contributed by atoms with van der Waals surface area (Å²) >= 11 is 0. The fourth-order valence-corrected chi connectivity index (χ4v) is 4.02. The van der Waals surface area contributed by atoms with E-state index in [1.807, 2.05) is 10.8 Å². The van der Waals surface area contributed by atoms with Gasteiger partial charge >= 0.3 is 6.36 Å². The van der Waals surface area contributed by atoms with Crippen molar-refractivity contribution in [3.05, 3.63) is 42.5 Å². The van der Waals surface area contributed by atoms with Gasteiger partial charge in [-0.3, -0.25) is 0 Å². The number of para-hydroxylation sites is 1. The Morgan fingerprint density at radius 1 is 1.32 bits per heavy atom. The Hall–Kier alpha value is -2.07. The Morgan fingerprint density at radius 3 is 2.84 bits per heavy atom. The average molecular weight is 375 g/mol. The molecule has 2 heterocycles. The van der Waals surface area contributed by atoms with Gasteiger partial charge in [0.15, 0.2) is 0 Å². The minimum Gasteiger partial charge on any atom is -0.404 e. The van der Waals surface area contributed by atoms with Crippen LogP contribution in [0.5, 0.6) is 5.75 Å². The second-order valence-electron chi connectivity index (χ2n) is 5.74. The number of fused-ring (bicyclic) bond motifs is 1. The standard InChI is InChI=1S/C15H16F3N3O3S/c16-15(17,18)24-12-3-1-2-4-13(12)25(22,23)20-10-11-5-7-21-8-6-19-14(21)9-11/h1-4,6,8,11,20H,5,7,9-10H2/t11-/m0/s1. The van der Waals surface area contributed by atoms with Crippen molar-refractivity contribution in [2.24, 2.45) is 5.92 Å². The molecule has 3 rings (SSSR count). The Labute approximate surface area is 142 Å². The SMILES string of the molecule is O=S(=O)(NC[C@H]1CCn2ccnc2C1)c1ccccc1OC(F)(F)F. The first-order valence-electron chi connectivity index (χ1n) is 7.59. The number of aromatic nitrogens is 2. The zero-order valence-electron chi connectivity index (χ0n) is 13.0. The van der Waals surface area contributed by atoms with Crippen molar-refractivity contribution < 1.29 is 26.3 Å². The molecule has 0 amide bonds. The largest absolute Gasteiger partial charge is 0.573 e. The van der Waals surface area contributed by atoms with Gasteiger partial charge in [-0.05, 0) is 24.5 Å². The lowest BCUT2D eigenvalue weighted by Crippen LogP contribution is -2.33. The monoisotopic (exact) mass is 375 g/mol. The van der Waals surface area contributed by atoms with Crippen molar-refractivity contribution in [1.29, 1.82) is 0 Å². The van der Waals surface area contributed by atoms with Crippen LogP contribution < -0.4 is 9.46 Å². The van der Waals surface area contributed by atoms with Crippen molar-refractivity contribution in [2.45, 2.75) is 30.6 Å². The van der Waals surface area contributed by atoms with Crippen molar-refractivity contribution in [1.82, 2.24) is 14.3 Å². The Kier molecular flexibility index (Phi) is 4.74. The molecule has 1 aliphatic rings. The van der Waals surface area contributed by atoms with Crippen LogP contribution in [0.3, 0.4) is 0 Å². The summed E-state index contributed by atoms with van der Waals surface area (Å²) in [6.45, 7) is 0.852. The van der Waals surface area contributed by atoms with Crippen molar-refractivity contribution in [3.8, 4) is 5.75 Å². The molecule has 1 N–H and O–H groups in total. The molecule has 0 unspecified atom stereocenters. The first kappa shape index (κ1) is 17.7. The third kappa shape index (κ3) is 4.31. The topological polar surface area (TPSA) is 73.2 Å². The zero-order chi connectivity index (χ0) is 18.1. The number of hydrogen-bond acceptors (Lipinski definition) is 4. The minimum absolute atomic E-state index is 0.0281. The van der Waals surface area contributed by atoms with Crippen LogP contribution in [-0.4, -0.2) is 30.9 Å². The number of alkyl halides is 3. The molecular weight excluding hydrogens is 359 g/mol. The number of imidazole rings is 1. The van der Waals surface area contributed by atoms with E-state index in [9.17, 15) is 21.6 Å². The molecular formula is C15H16F3N3O3S. The van der Waals surface area contributed by atoms with Gasteiger partial charge in [0.05, 0.1) is 0 Å². The van der Waals surface area contributed by atoms with E-state index in [-0.39, 0.29) is 12.5 Å². The van der Waals surface area contributed by atoms with Crippen LogP contribution in [0.2, 0.25) is 0 Å². The number of ether oxygens (including phenoxy) is 1. The second-order valence-corrected chi connectivity index (χ2v) is 7.48. The van der Waals surface area contributed by atoms with E-state index in [2.05, 4.69) is 14.4 Å². The molecule has 2 aromatic rings. The first-order chi connectivity index (χ1) is 11.7. The van der Waals surface area contributed by atoms with Gasteiger partial charge < -0.3 is 9.30 Å². The lowest BCUT2D eigenvalue weighted by atomic mass is 9.98. The molecule has 1 aromatic heterocycles. The maximum Gasteiger partial charge on any atom is 0.573 e. The summed E-state index contributed by atoms with van der Waals surface area (Å²) in [4.78, 5) is 3.67. The maximum absolute atomic E-state index is 12.4. The third-order valence-corrected chi connectivity index (χ3v) is 5.44. The summed E-state index contributed by atoms with van der Waals surface area (Å²) in [6, 6.07) is 4.67. The van der Waals surface area contributed by atoms with Crippen LogP contribution in [0, 0.1) is 5.92 Å². The second kappa shape index (κ2) is 6.68.